The van der Waals surface area contributed by atoms with Crippen molar-refractivity contribution in [2.24, 2.45) is 0 Å². The zero-order chi connectivity index (χ0) is 32.3. The van der Waals surface area contributed by atoms with E-state index in [9.17, 15) is 9.59 Å². The van der Waals surface area contributed by atoms with Crippen molar-refractivity contribution in [3.63, 3.8) is 0 Å². The van der Waals surface area contributed by atoms with E-state index < -0.39 is 17.1 Å². The monoisotopic (exact) mass is 627 g/mol. The molecule has 2 unspecified atom stereocenters. The van der Waals surface area contributed by atoms with Crippen LogP contribution in [0.3, 0.4) is 0 Å². The number of halogens is 1. The molecule has 0 aliphatic carbocycles. The number of terminal acetylenes is 1. The predicted molar refractivity (Wildman–Crippen MR) is 170 cm³/mol. The Hall–Kier alpha value is -4.89. The van der Waals surface area contributed by atoms with E-state index in [4.69, 9.17) is 30.4 Å². The van der Waals surface area contributed by atoms with E-state index in [-0.39, 0.29) is 37.1 Å². The molecule has 238 valence electrons. The van der Waals surface area contributed by atoms with Crippen molar-refractivity contribution in [1.82, 2.24) is 19.4 Å². The number of anilines is 1. The summed E-state index contributed by atoms with van der Waals surface area (Å²) in [7, 11) is 1.52. The highest BCUT2D eigenvalue weighted by molar-refractivity contribution is 6.05. The molecule has 0 saturated carbocycles. The molecular weight excluding hydrogens is 593 g/mol. The van der Waals surface area contributed by atoms with Crippen molar-refractivity contribution in [2.75, 3.05) is 38.5 Å². The van der Waals surface area contributed by atoms with Crippen molar-refractivity contribution in [2.45, 2.75) is 57.8 Å². The van der Waals surface area contributed by atoms with Crippen LogP contribution in [-0.4, -0.2) is 76.8 Å². The van der Waals surface area contributed by atoms with Crippen LogP contribution in [0.25, 0.3) is 32.9 Å². The average Bonchev–Trinajstić information content (AvgIpc) is 3.30. The summed E-state index contributed by atoms with van der Waals surface area (Å²) in [5, 5.41) is 1.76. The van der Waals surface area contributed by atoms with Crippen LogP contribution in [0, 0.1) is 18.2 Å². The number of nitrogens with zero attached hydrogens (tertiary/aromatic N) is 5. The fourth-order valence-electron chi connectivity index (χ4n) is 6.88. The second-order valence-electron chi connectivity index (χ2n) is 12.8. The number of amides is 1. The van der Waals surface area contributed by atoms with E-state index >= 15 is 4.39 Å². The summed E-state index contributed by atoms with van der Waals surface area (Å²) in [4.78, 5) is 39.9. The normalized spacial score (nSPS) is 18.9. The van der Waals surface area contributed by atoms with Gasteiger partial charge in [-0.1, -0.05) is 12.0 Å². The number of piperazine rings is 1. The Morgan fingerprint density at radius 1 is 1.20 bits per heavy atom. The van der Waals surface area contributed by atoms with Gasteiger partial charge >= 0.3 is 11.8 Å². The molecule has 3 aliphatic heterocycles. The highest BCUT2D eigenvalue weighted by atomic mass is 19.1. The minimum Gasteiger partial charge on any atom is -0.487 e. The number of hydrogen-bond donors (Lipinski definition) is 0. The average molecular weight is 628 g/mol. The van der Waals surface area contributed by atoms with Gasteiger partial charge in [0.15, 0.2) is 12.5 Å². The molecule has 2 bridgehead atoms. The summed E-state index contributed by atoms with van der Waals surface area (Å²) < 4.78 is 39.5. The van der Waals surface area contributed by atoms with Gasteiger partial charge in [-0.15, -0.1) is 6.42 Å². The number of benzene rings is 2. The molecule has 2 aromatic carbocycles. The molecular formula is C34H34FN5O6. The number of fused-ring (bicyclic) bond motifs is 3. The molecule has 2 atom stereocenters. The Labute approximate surface area is 264 Å². The van der Waals surface area contributed by atoms with E-state index in [1.165, 1.54) is 13.2 Å². The first-order chi connectivity index (χ1) is 22.1. The van der Waals surface area contributed by atoms with Crippen molar-refractivity contribution < 1.29 is 28.1 Å². The SMILES string of the molecule is C#Cc1c(F)ccc2cc(OCOC)cc(-c3ncc4c(N5CC6CCC(C5)N6C(=O)OC(C)(C)C)nc(=O)n5c4c3OCC5)c12. The summed E-state index contributed by atoms with van der Waals surface area (Å²) in [6.07, 6.45) is 8.81. The van der Waals surface area contributed by atoms with Crippen LogP contribution in [0.5, 0.6) is 11.5 Å². The van der Waals surface area contributed by atoms with Gasteiger partial charge in [-0.25, -0.2) is 14.0 Å². The number of methoxy groups -OCH3 is 1. The van der Waals surface area contributed by atoms with Crippen LogP contribution in [-0.2, 0) is 16.0 Å². The molecule has 0 radical (unpaired) electrons. The standard InChI is InChI=1S/C34H34FN5O6/c1-6-23-26(35)10-7-19-13-22(45-18-43-5)14-24(27(19)23)28-30-29-25(15-36-28)31(37-32(41)39(29)11-12-44-30)38-16-20-8-9-21(17-38)40(20)33(42)46-34(2,3)4/h1,7,10,13-15,20-21H,8-9,11-12,16-18H2,2-5H3. The summed E-state index contributed by atoms with van der Waals surface area (Å²) in [6, 6.07) is 6.27. The second kappa shape index (κ2) is 11.2. The van der Waals surface area contributed by atoms with E-state index in [0.717, 1.165) is 12.8 Å². The van der Waals surface area contributed by atoms with Crippen LogP contribution < -0.4 is 20.1 Å². The first kappa shape index (κ1) is 29.8. The van der Waals surface area contributed by atoms with E-state index in [1.54, 1.807) is 29.0 Å². The van der Waals surface area contributed by atoms with Gasteiger partial charge in [0.05, 0.1) is 29.6 Å². The van der Waals surface area contributed by atoms with Crippen LogP contribution >= 0.6 is 0 Å². The van der Waals surface area contributed by atoms with Crippen molar-refractivity contribution in [3.05, 3.63) is 52.3 Å². The van der Waals surface area contributed by atoms with Gasteiger partial charge in [0.2, 0.25) is 0 Å². The number of rotatable bonds is 5. The zero-order valence-corrected chi connectivity index (χ0v) is 26.1. The molecule has 12 heteroatoms. The van der Waals surface area contributed by atoms with Crippen LogP contribution in [0.15, 0.2) is 35.3 Å². The first-order valence-electron chi connectivity index (χ1n) is 15.3. The topological polar surface area (TPSA) is 108 Å². The predicted octanol–water partition coefficient (Wildman–Crippen LogP) is 4.70. The summed E-state index contributed by atoms with van der Waals surface area (Å²) in [5.41, 5.74) is 0.504. The van der Waals surface area contributed by atoms with Gasteiger partial charge in [-0.05, 0) is 57.2 Å². The van der Waals surface area contributed by atoms with Gasteiger partial charge in [-0.2, -0.15) is 4.98 Å². The molecule has 0 spiro atoms. The molecule has 46 heavy (non-hydrogen) atoms. The summed E-state index contributed by atoms with van der Waals surface area (Å²) >= 11 is 0. The third-order valence-electron chi connectivity index (χ3n) is 8.68. The molecule has 2 fully saturated rings. The molecule has 11 nitrogen and oxygen atoms in total. The lowest BCUT2D eigenvalue weighted by Crippen LogP contribution is -2.57. The van der Waals surface area contributed by atoms with Gasteiger partial charge in [0.25, 0.3) is 0 Å². The number of ether oxygens (including phenoxy) is 4. The van der Waals surface area contributed by atoms with E-state index in [0.29, 0.717) is 69.9 Å². The largest absolute Gasteiger partial charge is 0.487 e. The summed E-state index contributed by atoms with van der Waals surface area (Å²) in [6.45, 7) is 7.08. The Morgan fingerprint density at radius 3 is 2.65 bits per heavy atom. The number of aromatic nitrogens is 3. The van der Waals surface area contributed by atoms with Gasteiger partial charge in [-0.3, -0.25) is 14.5 Å². The first-order valence-corrected chi connectivity index (χ1v) is 15.3. The number of carbonyl (C=O) groups is 1. The van der Waals surface area contributed by atoms with Crippen molar-refractivity contribution >= 4 is 33.6 Å². The lowest BCUT2D eigenvalue weighted by molar-refractivity contribution is 0.0123. The highest BCUT2D eigenvalue weighted by Crippen LogP contribution is 2.44. The maximum Gasteiger partial charge on any atom is 0.410 e. The second-order valence-corrected chi connectivity index (χ2v) is 12.8. The quantitative estimate of drug-likeness (QED) is 0.230. The maximum atomic E-state index is 15.0. The van der Waals surface area contributed by atoms with Gasteiger partial charge < -0.3 is 23.8 Å². The minimum atomic E-state index is -0.600. The van der Waals surface area contributed by atoms with E-state index in [2.05, 4.69) is 15.8 Å². The number of carbonyl (C=O) groups excluding carboxylic acids is 1. The molecule has 0 N–H and O–H groups in total. The van der Waals surface area contributed by atoms with Gasteiger partial charge in [0, 0.05) is 37.3 Å². The molecule has 3 aliphatic rings. The lowest BCUT2D eigenvalue weighted by Gasteiger charge is -2.42. The molecule has 7 rings (SSSR count). The Kier molecular flexibility index (Phi) is 7.24. The molecule has 2 saturated heterocycles. The highest BCUT2D eigenvalue weighted by Gasteiger charge is 2.45. The number of hydrogen-bond acceptors (Lipinski definition) is 9. The van der Waals surface area contributed by atoms with Crippen LogP contribution in [0.1, 0.15) is 39.2 Å². The van der Waals surface area contributed by atoms with E-state index in [1.807, 2.05) is 25.7 Å². The Morgan fingerprint density at radius 2 is 1.96 bits per heavy atom. The molecule has 1 amide bonds. The Balaban J connectivity index is 1.37. The van der Waals surface area contributed by atoms with Crippen LogP contribution in [0.4, 0.5) is 15.0 Å². The third kappa shape index (κ3) is 4.95. The fraction of sp³-hybridized carbons (Fsp3) is 0.412. The lowest BCUT2D eigenvalue weighted by atomic mass is 9.95. The maximum absolute atomic E-state index is 15.0. The number of pyridine rings is 1. The van der Waals surface area contributed by atoms with Crippen molar-refractivity contribution in [3.8, 4) is 35.1 Å². The smallest absolute Gasteiger partial charge is 0.410 e. The zero-order valence-electron chi connectivity index (χ0n) is 26.1. The molecule has 4 aromatic rings. The molecule has 2 aromatic heterocycles. The summed E-state index contributed by atoms with van der Waals surface area (Å²) in [5.74, 6) is 3.28. The minimum absolute atomic E-state index is 0.000390. The van der Waals surface area contributed by atoms with Crippen molar-refractivity contribution in [1.29, 1.82) is 0 Å². The third-order valence-corrected chi connectivity index (χ3v) is 8.68. The molecule has 5 heterocycles. The fourth-order valence-corrected chi connectivity index (χ4v) is 6.88. The Bertz CT molecular complexity index is 1980. The van der Waals surface area contributed by atoms with Gasteiger partial charge in [0.1, 0.15) is 40.8 Å². The van der Waals surface area contributed by atoms with Crippen LogP contribution in [0.2, 0.25) is 0 Å².